The van der Waals surface area contributed by atoms with Gasteiger partial charge in [-0.05, 0) is 173 Å². The number of sulfone groups is 1. The maximum atomic E-state index is 12.6. The lowest BCUT2D eigenvalue weighted by molar-refractivity contribution is 0.0114. The summed E-state index contributed by atoms with van der Waals surface area (Å²) >= 11 is 63.3. The summed E-state index contributed by atoms with van der Waals surface area (Å²) < 4.78 is 24.6. The van der Waals surface area contributed by atoms with Gasteiger partial charge in [-0.2, -0.15) is 0 Å². The molecule has 5 unspecified atom stereocenters. The number of halogens is 10. The molecular weight excluding hydrogens is 1910 g/mol. The van der Waals surface area contributed by atoms with E-state index >= 15 is 0 Å². The number of benzene rings is 5. The molecule has 5 aromatic heterocycles. The van der Waals surface area contributed by atoms with Crippen LogP contribution in [0.1, 0.15) is 162 Å². The topological polar surface area (TPSA) is 361 Å². The highest BCUT2D eigenvalue weighted by atomic mass is 35.5. The van der Waals surface area contributed by atoms with Gasteiger partial charge < -0.3 is 64.6 Å². The van der Waals surface area contributed by atoms with E-state index in [2.05, 4.69) is 95.1 Å². The van der Waals surface area contributed by atoms with Gasteiger partial charge in [-0.15, -0.1) is 0 Å². The second-order valence-electron chi connectivity index (χ2n) is 37.6. The highest BCUT2D eigenvalue weighted by molar-refractivity contribution is 7.99. The normalized spacial score (nSPS) is 22.3. The summed E-state index contributed by atoms with van der Waals surface area (Å²) in [4.78, 5) is 57.4. The molecule has 0 radical (unpaired) electrons. The molecule has 4 saturated carbocycles. The predicted molar refractivity (Wildman–Crippen MR) is 547 cm³/mol. The lowest BCUT2D eigenvalue weighted by Crippen LogP contribution is -2.64. The Kier molecular flexibility index (Phi) is 30.4. The summed E-state index contributed by atoms with van der Waals surface area (Å²) in [5.41, 5.74) is 50.5. The number of hydrogen-bond donors (Lipinski definition) is 7. The van der Waals surface area contributed by atoms with Crippen LogP contribution in [-0.4, -0.2) is 146 Å². The van der Waals surface area contributed by atoms with Gasteiger partial charge in [0.05, 0.1) is 91.7 Å². The summed E-state index contributed by atoms with van der Waals surface area (Å²) in [7, 11) is -3.04. The Labute approximate surface area is 828 Å². The molecule has 14 N–H and O–H groups in total. The quantitative estimate of drug-likeness (QED) is 0.0632. The van der Waals surface area contributed by atoms with Gasteiger partial charge in [0.2, 0.25) is 0 Å². The lowest BCUT2D eigenvalue weighted by Gasteiger charge is -2.60. The third kappa shape index (κ3) is 20.2. The van der Waals surface area contributed by atoms with E-state index in [9.17, 15) is 8.42 Å². The van der Waals surface area contributed by atoms with Crippen LogP contribution in [0.2, 0.25) is 50.2 Å². The minimum absolute atomic E-state index is 0.197. The highest BCUT2D eigenvalue weighted by Crippen LogP contribution is 2.56. The zero-order chi connectivity index (χ0) is 93.3. The van der Waals surface area contributed by atoms with Gasteiger partial charge in [0.1, 0.15) is 56.9 Å². The van der Waals surface area contributed by atoms with Crippen molar-refractivity contribution in [3.05, 3.63) is 172 Å². The van der Waals surface area contributed by atoms with Crippen LogP contribution in [0.3, 0.4) is 0 Å². The van der Waals surface area contributed by atoms with Gasteiger partial charge in [0.25, 0.3) is 0 Å². The zero-order valence-electron chi connectivity index (χ0n) is 74.4. The summed E-state index contributed by atoms with van der Waals surface area (Å²) in [5, 5.41) is 5.27. The van der Waals surface area contributed by atoms with E-state index in [1.807, 2.05) is 48.5 Å². The first-order valence-corrected chi connectivity index (χ1v) is 52.0. The van der Waals surface area contributed by atoms with Gasteiger partial charge in [-0.25, -0.2) is 58.3 Å². The Morgan fingerprint density at radius 1 is 0.333 bits per heavy atom. The first kappa shape index (κ1) is 97.7. The minimum Gasteiger partial charge on any atom is -0.382 e. The van der Waals surface area contributed by atoms with E-state index in [4.69, 9.17) is 156 Å². The van der Waals surface area contributed by atoms with E-state index in [1.54, 1.807) is 73.4 Å². The Bertz CT molecular complexity index is 5950. The average Bonchev–Trinajstić information content (AvgIpc) is 0.969. The molecule has 132 heavy (non-hydrogen) atoms. The molecule has 5 aromatic carbocycles. The summed E-state index contributed by atoms with van der Waals surface area (Å²) in [6.07, 6.45) is 34.5. The number of aromatic nitrogens is 10. The van der Waals surface area contributed by atoms with Crippen molar-refractivity contribution in [3.8, 4) is 45.0 Å². The average molecular weight is 2030 g/mol. The molecule has 24 nitrogen and oxygen atoms in total. The molecule has 0 bridgehead atoms. The van der Waals surface area contributed by atoms with Crippen LogP contribution >= 0.6 is 128 Å². The second kappa shape index (κ2) is 41.1. The van der Waals surface area contributed by atoms with E-state index < -0.39 is 14.6 Å². The number of nitrogens with two attached hydrogens (primary N) is 7. The molecule has 4 aliphatic carbocycles. The molecule has 10 aromatic rings. The van der Waals surface area contributed by atoms with Crippen molar-refractivity contribution in [1.29, 1.82) is 0 Å². The van der Waals surface area contributed by atoms with E-state index in [-0.39, 0.29) is 11.7 Å². The van der Waals surface area contributed by atoms with Crippen molar-refractivity contribution in [2.75, 3.05) is 124 Å². The fraction of sp³-hybridized carbons (Fsp3) is 0.479. The molecular formula is C96H114Cl10N22O2S2. The number of hydrogen-bond acceptors (Lipinski definition) is 25. The predicted octanol–water partition coefficient (Wildman–Crippen LogP) is 23.1. The molecule has 10 fully saturated rings. The first-order valence-electron chi connectivity index (χ1n) is 45.7. The molecule has 10 aliphatic rings. The maximum Gasteiger partial charge on any atom is 0.158 e. The molecule has 5 spiro atoms. The Morgan fingerprint density at radius 2 is 0.659 bits per heavy atom. The molecule has 11 heterocycles. The lowest BCUT2D eigenvalue weighted by atomic mass is 9.56. The van der Waals surface area contributed by atoms with Crippen LogP contribution in [0.4, 0.5) is 58.2 Å². The number of nitrogen functional groups attached to an aromatic ring is 5. The molecule has 36 heteroatoms. The van der Waals surface area contributed by atoms with Crippen molar-refractivity contribution in [2.45, 2.75) is 189 Å². The highest BCUT2D eigenvalue weighted by Gasteiger charge is 2.55. The molecule has 0 amide bonds. The van der Waals surface area contributed by atoms with Crippen molar-refractivity contribution in [1.82, 2.24) is 49.8 Å². The van der Waals surface area contributed by atoms with Gasteiger partial charge in [0, 0.05) is 110 Å². The van der Waals surface area contributed by atoms with Gasteiger partial charge in [-0.3, -0.25) is 0 Å². The van der Waals surface area contributed by atoms with Gasteiger partial charge in [-0.1, -0.05) is 242 Å². The largest absolute Gasteiger partial charge is 0.382 e. The standard InChI is InChI=1S/C20H25Cl2N5S.C20H25Cl2N5.C20H24Cl2N4.C19H22Cl2N4O2S.C17H18Cl2N4/c21-13-4-3-5-14(17(13)22)28-19-18(24)26-16(12-25-19)27-10-8-20(9-11-27)7-2-1-6-15(20)23;21-14-5-3-4-13(17(14)22)18-19(24)26-16(12-25-18)27-10-8-20(9-11-27)7-2-1-6-15(20)23;1-13-4-3-7-20(13)8-10-26(11-9-20)16-12-24-18(19(23)25-16)14-5-2-6-15(21)17(14)22;1-12-5-10-28(26,27)19(12)6-8-25(9-7-19)15-11-23-17(18(22)24-15)13-3-2-4-14(20)16(13)21;1-10-5-6-17(10)8-23(9-17)13-7-21-15(16(20)22-13)11-3-2-4-12(18)14(11)19/h3-5,12,15H,1-2,6-11,23H2,(H2,24,26);3-5,12,15H,1-2,6-11,23H2,(H2,24,26);2,5-6,12-13H,3-4,7-11H2,1H3,(H2,23,25);2-4,11-12H,5-10H2,1H3,(H2,22,24);2-4,7,10H,5-6,8-9H2,1H3,(H2,20,22). The molecule has 702 valence electrons. The van der Waals surface area contributed by atoms with Gasteiger partial charge in [0.15, 0.2) is 38.9 Å². The third-order valence-electron chi connectivity index (χ3n) is 30.6. The minimum atomic E-state index is -3.04. The maximum absolute atomic E-state index is 12.6. The number of piperidine rings is 4. The number of anilines is 10. The first-order chi connectivity index (χ1) is 63.2. The van der Waals surface area contributed by atoms with Crippen LogP contribution in [0.25, 0.3) is 45.0 Å². The van der Waals surface area contributed by atoms with Crippen LogP contribution in [0.15, 0.2) is 132 Å². The zero-order valence-corrected chi connectivity index (χ0v) is 83.6. The van der Waals surface area contributed by atoms with Gasteiger partial charge >= 0.3 is 0 Å². The summed E-state index contributed by atoms with van der Waals surface area (Å²) in [6, 6.07) is 27.7. The summed E-state index contributed by atoms with van der Waals surface area (Å²) in [5.74, 6) is 7.96. The van der Waals surface area contributed by atoms with E-state index in [0.29, 0.717) is 195 Å². The SMILES string of the molecule is CC1CCC12CN(c1cnc(-c3cccc(Cl)c3Cl)c(N)n1)C2.CC1CCCC12CCN(c1cnc(-c3cccc(Cl)c3Cl)c(N)n1)CC2.CC1CCS(=O)(=O)C12CCN(c1cnc(-c3cccc(Cl)c3Cl)c(N)n1)CC2.Nc1nc(N2CCC3(CCCCC3N)CC2)cnc1-c1cccc(Cl)c1Cl.Nc1nc(N2CCC3(CCCCC3N)CC2)cnc1Sc1cccc(Cl)c1Cl. The molecule has 6 aliphatic heterocycles. The van der Waals surface area contributed by atoms with E-state index in [1.165, 1.54) is 95.2 Å². The van der Waals surface area contributed by atoms with Crippen LogP contribution in [0, 0.1) is 39.4 Å². The van der Waals surface area contributed by atoms with Crippen molar-refractivity contribution >= 4 is 196 Å². The van der Waals surface area contributed by atoms with Crippen molar-refractivity contribution in [3.63, 3.8) is 0 Å². The summed E-state index contributed by atoms with van der Waals surface area (Å²) in [6.45, 7) is 16.0. The number of rotatable bonds is 11. The fourth-order valence-corrected chi connectivity index (χ4v) is 27.2. The molecule has 20 rings (SSSR count). The van der Waals surface area contributed by atoms with Crippen LogP contribution in [-0.2, 0) is 9.84 Å². The van der Waals surface area contributed by atoms with Crippen LogP contribution in [0.5, 0.6) is 0 Å². The second-order valence-corrected chi connectivity index (χ2v) is 45.0. The molecule has 6 saturated heterocycles. The van der Waals surface area contributed by atoms with Crippen molar-refractivity contribution in [2.24, 2.45) is 50.9 Å². The monoisotopic (exact) mass is 2020 g/mol. The fourth-order valence-electron chi connectivity index (χ4n) is 21.8. The Morgan fingerprint density at radius 3 is 0.977 bits per heavy atom. The molecule has 5 atom stereocenters. The van der Waals surface area contributed by atoms with Crippen LogP contribution < -0.4 is 64.6 Å². The third-order valence-corrected chi connectivity index (χ3v) is 38.7. The van der Waals surface area contributed by atoms with Crippen molar-refractivity contribution < 1.29 is 8.42 Å². The Hall–Kier alpha value is -7.38. The van der Waals surface area contributed by atoms with E-state index in [0.717, 1.165) is 137 Å². The smallest absolute Gasteiger partial charge is 0.158 e. The number of nitrogens with zero attached hydrogens (tertiary/aromatic N) is 15. The Balaban J connectivity index is 0.000000121.